The molecule has 0 fully saturated rings. The van der Waals surface area contributed by atoms with Gasteiger partial charge in [0.2, 0.25) is 5.75 Å². The van der Waals surface area contributed by atoms with Crippen LogP contribution in [0.15, 0.2) is 41.6 Å². The molecule has 0 atom stereocenters. The number of methoxy groups -OCH3 is 3. The van der Waals surface area contributed by atoms with Crippen LogP contribution < -0.4 is 14.2 Å². The first kappa shape index (κ1) is 17.7. The number of oxime groups is 1. The van der Waals surface area contributed by atoms with Gasteiger partial charge in [-0.1, -0.05) is 29.4 Å². The first-order valence-corrected chi connectivity index (χ1v) is 7.70. The van der Waals surface area contributed by atoms with Crippen LogP contribution in [-0.2, 0) is 6.42 Å². The Morgan fingerprint density at radius 3 is 2.38 bits per heavy atom. The highest BCUT2D eigenvalue weighted by Gasteiger charge is 2.17. The van der Waals surface area contributed by atoms with Gasteiger partial charge >= 0.3 is 0 Å². The largest absolute Gasteiger partial charge is 0.493 e. The van der Waals surface area contributed by atoms with Crippen molar-refractivity contribution in [2.75, 3.05) is 21.3 Å². The van der Waals surface area contributed by atoms with Crippen molar-refractivity contribution in [3.05, 3.63) is 42.0 Å². The Bertz CT molecular complexity index is 725. The quantitative estimate of drug-likeness (QED) is 0.471. The zero-order chi connectivity index (χ0) is 17.5. The second-order valence-corrected chi connectivity index (χ2v) is 5.42. The van der Waals surface area contributed by atoms with Crippen molar-refractivity contribution < 1.29 is 19.4 Å². The molecule has 0 spiro atoms. The van der Waals surface area contributed by atoms with Crippen molar-refractivity contribution in [3.8, 4) is 28.4 Å². The van der Waals surface area contributed by atoms with Crippen molar-refractivity contribution >= 4 is 5.71 Å². The third kappa shape index (κ3) is 3.79. The van der Waals surface area contributed by atoms with E-state index in [1.165, 1.54) is 0 Å². The number of benzene rings is 2. The molecule has 0 bridgehead atoms. The van der Waals surface area contributed by atoms with Crippen LogP contribution in [0.4, 0.5) is 0 Å². The van der Waals surface area contributed by atoms with Crippen LogP contribution in [0.2, 0.25) is 0 Å². The highest BCUT2D eigenvalue weighted by Crippen LogP contribution is 2.44. The predicted molar refractivity (Wildman–Crippen MR) is 94.8 cm³/mol. The van der Waals surface area contributed by atoms with E-state index in [1.54, 1.807) is 28.3 Å². The van der Waals surface area contributed by atoms with E-state index in [4.69, 9.17) is 19.4 Å². The number of hydrogen-bond donors (Lipinski definition) is 1. The smallest absolute Gasteiger partial charge is 0.203 e. The number of aryl methyl sites for hydroxylation is 1. The van der Waals surface area contributed by atoms with Gasteiger partial charge in [0.15, 0.2) is 11.5 Å². The molecule has 0 heterocycles. The summed E-state index contributed by atoms with van der Waals surface area (Å²) in [5, 5.41) is 12.0. The third-order valence-electron chi connectivity index (χ3n) is 3.89. The first-order valence-electron chi connectivity index (χ1n) is 7.70. The Balaban J connectivity index is 2.41. The lowest BCUT2D eigenvalue weighted by molar-refractivity contribution is 0.317. The molecule has 0 radical (unpaired) electrons. The highest BCUT2D eigenvalue weighted by molar-refractivity contribution is 5.81. The molecule has 0 unspecified atom stereocenters. The molecule has 24 heavy (non-hydrogen) atoms. The maximum Gasteiger partial charge on any atom is 0.203 e. The maximum absolute atomic E-state index is 8.77. The van der Waals surface area contributed by atoms with Crippen LogP contribution in [-0.4, -0.2) is 32.2 Å². The Labute approximate surface area is 142 Å². The minimum atomic E-state index is 0.575. The second-order valence-electron chi connectivity index (χ2n) is 5.42. The van der Waals surface area contributed by atoms with Gasteiger partial charge in [0.05, 0.1) is 27.0 Å². The minimum Gasteiger partial charge on any atom is -0.493 e. The Kier molecular flexibility index (Phi) is 6.07. The molecule has 0 aromatic heterocycles. The lowest BCUT2D eigenvalue weighted by Crippen LogP contribution is -1.98. The summed E-state index contributed by atoms with van der Waals surface area (Å²) in [6, 6.07) is 12.0. The fraction of sp³-hybridized carbons (Fsp3) is 0.316. The average molecular weight is 329 g/mol. The van der Waals surface area contributed by atoms with Gasteiger partial charge < -0.3 is 19.4 Å². The second kappa shape index (κ2) is 8.24. The normalized spacial score (nSPS) is 11.2. The number of nitrogens with zero attached hydrogens (tertiary/aromatic N) is 1. The summed E-state index contributed by atoms with van der Waals surface area (Å²) < 4.78 is 16.3. The zero-order valence-electron chi connectivity index (χ0n) is 14.5. The molecule has 0 amide bonds. The molecule has 2 aromatic carbocycles. The summed E-state index contributed by atoms with van der Waals surface area (Å²) in [5.41, 5.74) is 3.84. The summed E-state index contributed by atoms with van der Waals surface area (Å²) >= 11 is 0. The lowest BCUT2D eigenvalue weighted by Gasteiger charge is -2.16. The van der Waals surface area contributed by atoms with Gasteiger partial charge in [-0.2, -0.15) is 0 Å². The van der Waals surface area contributed by atoms with E-state index in [1.807, 2.05) is 24.3 Å². The molecule has 2 rings (SSSR count). The van der Waals surface area contributed by atoms with E-state index in [-0.39, 0.29) is 0 Å². The SMILES string of the molecule is COc1ccc(-c2cccc(CC/C(C)=N/O)c2)c(OC)c1OC. The van der Waals surface area contributed by atoms with Gasteiger partial charge in [-0.05, 0) is 43.0 Å². The molecule has 5 heteroatoms. The molecule has 0 aliphatic carbocycles. The Hall–Kier alpha value is -2.69. The molecule has 1 N–H and O–H groups in total. The van der Waals surface area contributed by atoms with E-state index in [2.05, 4.69) is 17.3 Å². The molecule has 5 nitrogen and oxygen atoms in total. The molecule has 128 valence electrons. The standard InChI is InChI=1S/C19H23NO4/c1-13(20-21)8-9-14-6-5-7-15(12-14)16-10-11-17(22-2)19(24-4)18(16)23-3/h5-7,10-12,21H,8-9H2,1-4H3/b20-13+. The molecule has 0 saturated carbocycles. The summed E-state index contributed by atoms with van der Waals surface area (Å²) in [6.07, 6.45) is 1.52. The van der Waals surface area contributed by atoms with E-state index >= 15 is 0 Å². The zero-order valence-corrected chi connectivity index (χ0v) is 14.5. The number of rotatable bonds is 7. The first-order chi connectivity index (χ1) is 11.6. The van der Waals surface area contributed by atoms with Crippen LogP contribution in [0.5, 0.6) is 17.2 Å². The van der Waals surface area contributed by atoms with Crippen LogP contribution in [0, 0.1) is 0 Å². The monoisotopic (exact) mass is 329 g/mol. The van der Waals surface area contributed by atoms with Crippen LogP contribution in [0.1, 0.15) is 18.9 Å². The van der Waals surface area contributed by atoms with E-state index in [0.717, 1.165) is 23.1 Å². The molecule has 0 aliphatic heterocycles. The average Bonchev–Trinajstić information content (AvgIpc) is 2.64. The molecule has 0 aliphatic rings. The van der Waals surface area contributed by atoms with Crippen LogP contribution >= 0.6 is 0 Å². The van der Waals surface area contributed by atoms with Crippen LogP contribution in [0.25, 0.3) is 11.1 Å². The summed E-state index contributed by atoms with van der Waals surface area (Å²) in [5.74, 6) is 1.84. The van der Waals surface area contributed by atoms with Gasteiger partial charge in [-0.15, -0.1) is 0 Å². The van der Waals surface area contributed by atoms with Crippen molar-refractivity contribution in [2.24, 2.45) is 5.16 Å². The fourth-order valence-electron chi connectivity index (χ4n) is 2.60. The third-order valence-corrected chi connectivity index (χ3v) is 3.89. The molecular weight excluding hydrogens is 306 g/mol. The van der Waals surface area contributed by atoms with Gasteiger partial charge in [0, 0.05) is 5.56 Å². The number of hydrogen-bond acceptors (Lipinski definition) is 5. The Morgan fingerprint density at radius 2 is 1.75 bits per heavy atom. The highest BCUT2D eigenvalue weighted by atomic mass is 16.5. The van der Waals surface area contributed by atoms with E-state index in [9.17, 15) is 0 Å². The van der Waals surface area contributed by atoms with Gasteiger partial charge in [0.25, 0.3) is 0 Å². The molecular formula is C19H23NO4. The van der Waals surface area contributed by atoms with Crippen molar-refractivity contribution in [3.63, 3.8) is 0 Å². The van der Waals surface area contributed by atoms with E-state index < -0.39 is 0 Å². The summed E-state index contributed by atoms with van der Waals surface area (Å²) in [7, 11) is 4.81. The molecule has 2 aromatic rings. The van der Waals surface area contributed by atoms with Crippen molar-refractivity contribution in [1.82, 2.24) is 0 Å². The Morgan fingerprint density at radius 1 is 1.00 bits per heavy atom. The van der Waals surface area contributed by atoms with Crippen molar-refractivity contribution in [2.45, 2.75) is 19.8 Å². The van der Waals surface area contributed by atoms with Crippen molar-refractivity contribution in [1.29, 1.82) is 0 Å². The minimum absolute atomic E-state index is 0.575. The van der Waals surface area contributed by atoms with Gasteiger partial charge in [-0.25, -0.2) is 0 Å². The topological polar surface area (TPSA) is 60.3 Å². The summed E-state index contributed by atoms with van der Waals surface area (Å²) in [6.45, 7) is 1.81. The maximum atomic E-state index is 8.77. The van der Waals surface area contributed by atoms with E-state index in [0.29, 0.717) is 29.4 Å². The fourth-order valence-corrected chi connectivity index (χ4v) is 2.60. The lowest BCUT2D eigenvalue weighted by atomic mass is 9.99. The van der Waals surface area contributed by atoms with Gasteiger partial charge in [0.1, 0.15) is 0 Å². The number of ether oxygens (including phenoxy) is 3. The predicted octanol–water partition coefficient (Wildman–Crippen LogP) is 4.16. The van der Waals surface area contributed by atoms with Crippen LogP contribution in [0.3, 0.4) is 0 Å². The van der Waals surface area contributed by atoms with Gasteiger partial charge in [-0.3, -0.25) is 0 Å². The molecule has 0 saturated heterocycles. The summed E-state index contributed by atoms with van der Waals surface area (Å²) in [4.78, 5) is 0.